The zero-order valence-corrected chi connectivity index (χ0v) is 31.3. The molecule has 6 nitrogen and oxygen atoms in total. The highest BCUT2D eigenvalue weighted by molar-refractivity contribution is 7.98. The van der Waals surface area contributed by atoms with Crippen LogP contribution < -0.4 is 4.72 Å². The van der Waals surface area contributed by atoms with Crippen LogP contribution in [-0.4, -0.2) is 57.5 Å². The smallest absolute Gasteiger partial charge is 0.196 e. The molecule has 2 heterocycles. The van der Waals surface area contributed by atoms with Crippen LogP contribution in [0, 0.1) is 0 Å². The number of thioether (sulfide) groups is 1. The van der Waals surface area contributed by atoms with Crippen LogP contribution >= 0.6 is 35.0 Å². The summed E-state index contributed by atoms with van der Waals surface area (Å²) in [5, 5.41) is 1.23. The van der Waals surface area contributed by atoms with Crippen LogP contribution in [0.5, 0.6) is 0 Å². The van der Waals surface area contributed by atoms with E-state index in [2.05, 4.69) is 77.1 Å². The van der Waals surface area contributed by atoms with Gasteiger partial charge >= 0.3 is 0 Å². The first-order valence-electron chi connectivity index (χ1n) is 15.7. The summed E-state index contributed by atoms with van der Waals surface area (Å²) in [6.45, 7) is 15.7. The van der Waals surface area contributed by atoms with Crippen molar-refractivity contribution >= 4 is 63.5 Å². The Bertz CT molecular complexity index is 1570. The Morgan fingerprint density at radius 3 is 2.38 bits per heavy atom. The number of allylic oxidation sites excluding steroid dienone is 1. The predicted octanol–water partition coefficient (Wildman–Crippen LogP) is 9.49. The summed E-state index contributed by atoms with van der Waals surface area (Å²) < 4.78 is 15.1. The number of amidine groups is 1. The van der Waals surface area contributed by atoms with E-state index in [-0.39, 0.29) is 18.9 Å². The molecule has 0 bridgehead atoms. The van der Waals surface area contributed by atoms with Gasteiger partial charge in [-0.25, -0.2) is 13.9 Å². The predicted molar refractivity (Wildman–Crippen MR) is 206 cm³/mol. The van der Waals surface area contributed by atoms with Crippen LogP contribution in [0.1, 0.15) is 45.7 Å². The SMILES string of the molecule is C/C=C/N1CC(=O)CNS1=O.C=CCN1CC=C(c2ccc(Cl)cc2Cl)N=C1Cc1ccc(-c2cccc(SC)c2)cc1.CC.CC. The van der Waals surface area contributed by atoms with E-state index in [1.807, 2.05) is 52.8 Å². The van der Waals surface area contributed by atoms with Crippen molar-refractivity contribution in [1.82, 2.24) is 13.9 Å². The third-order valence-electron chi connectivity index (χ3n) is 6.65. The minimum atomic E-state index is -1.22. The molecular weight excluding hydrogens is 667 g/mol. The zero-order chi connectivity index (χ0) is 34.8. The lowest BCUT2D eigenvalue weighted by Gasteiger charge is -2.28. The lowest BCUT2D eigenvalue weighted by molar-refractivity contribution is -0.118. The lowest BCUT2D eigenvalue weighted by atomic mass is 10.0. The number of rotatable bonds is 8. The van der Waals surface area contributed by atoms with Crippen LogP contribution in [0.3, 0.4) is 0 Å². The number of hydrogen-bond acceptors (Lipinski definition) is 5. The van der Waals surface area contributed by atoms with Crippen molar-refractivity contribution in [2.75, 3.05) is 32.4 Å². The molecule has 10 heteroatoms. The molecule has 3 aromatic carbocycles. The Morgan fingerprint density at radius 1 is 1.02 bits per heavy atom. The molecule has 1 N–H and O–H groups in total. The fourth-order valence-corrected chi connectivity index (χ4v) is 6.41. The maximum absolute atomic E-state index is 11.1. The molecule has 47 heavy (non-hydrogen) atoms. The monoisotopic (exact) mass is 712 g/mol. The molecule has 0 spiro atoms. The molecule has 2 aliphatic heterocycles. The van der Waals surface area contributed by atoms with Gasteiger partial charge in [0, 0.05) is 41.2 Å². The number of aliphatic imine (C=N–C) groups is 1. The number of carbonyl (C=O) groups is 1. The number of benzene rings is 3. The average molecular weight is 714 g/mol. The molecule has 0 radical (unpaired) electrons. The number of ketones is 1. The summed E-state index contributed by atoms with van der Waals surface area (Å²) in [5.41, 5.74) is 5.44. The molecule has 0 aromatic heterocycles. The molecule has 3 aromatic rings. The van der Waals surface area contributed by atoms with E-state index in [0.29, 0.717) is 10.0 Å². The molecule has 5 rings (SSSR count). The first-order valence-corrected chi connectivity index (χ1v) is 18.8. The van der Waals surface area contributed by atoms with Gasteiger partial charge in [0.25, 0.3) is 0 Å². The second-order valence-corrected chi connectivity index (χ2v) is 12.7. The summed E-state index contributed by atoms with van der Waals surface area (Å²) in [6.07, 6.45) is 10.2. The van der Waals surface area contributed by atoms with Gasteiger partial charge in [0.1, 0.15) is 5.84 Å². The average Bonchev–Trinajstić information content (AvgIpc) is 3.10. The number of carbonyl (C=O) groups excluding carboxylic acids is 1. The topological polar surface area (TPSA) is 65.0 Å². The van der Waals surface area contributed by atoms with E-state index in [4.69, 9.17) is 28.2 Å². The van der Waals surface area contributed by atoms with Gasteiger partial charge in [-0.15, -0.1) is 18.3 Å². The molecule has 252 valence electrons. The van der Waals surface area contributed by atoms with E-state index in [0.717, 1.165) is 36.6 Å². The van der Waals surface area contributed by atoms with E-state index in [1.165, 1.54) is 25.9 Å². The van der Waals surface area contributed by atoms with Gasteiger partial charge in [0.2, 0.25) is 0 Å². The van der Waals surface area contributed by atoms with E-state index in [1.54, 1.807) is 30.1 Å². The lowest BCUT2D eigenvalue weighted by Crippen LogP contribution is -2.45. The van der Waals surface area contributed by atoms with Crippen molar-refractivity contribution < 1.29 is 9.00 Å². The molecule has 1 atom stereocenters. The Morgan fingerprint density at radius 2 is 1.74 bits per heavy atom. The Balaban J connectivity index is 0.000000429. The quantitative estimate of drug-likeness (QED) is 0.187. The van der Waals surface area contributed by atoms with Crippen LogP contribution in [0.2, 0.25) is 10.0 Å². The maximum Gasteiger partial charge on any atom is 0.196 e. The number of nitrogens with zero attached hydrogens (tertiary/aromatic N) is 3. The van der Waals surface area contributed by atoms with Crippen molar-refractivity contribution in [3.05, 3.63) is 119 Å². The largest absolute Gasteiger partial charge is 0.352 e. The number of hydrogen-bond donors (Lipinski definition) is 1. The minimum absolute atomic E-state index is 0.0581. The molecule has 1 fully saturated rings. The molecule has 1 unspecified atom stereocenters. The fourth-order valence-electron chi connectivity index (χ4n) is 4.50. The summed E-state index contributed by atoms with van der Waals surface area (Å²) in [5.74, 6) is 1.06. The van der Waals surface area contributed by atoms with E-state index < -0.39 is 11.2 Å². The maximum atomic E-state index is 11.1. The number of Topliss-reactive ketones (excluding diaryl/α,β-unsaturated/α-hetero) is 1. The van der Waals surface area contributed by atoms with Crippen molar-refractivity contribution in [2.24, 2.45) is 4.99 Å². The van der Waals surface area contributed by atoms with Gasteiger partial charge in [-0.05, 0) is 66.3 Å². The van der Waals surface area contributed by atoms with Gasteiger partial charge in [0.05, 0.1) is 23.8 Å². The normalized spacial score (nSPS) is 15.7. The first kappa shape index (κ1) is 40.0. The van der Waals surface area contributed by atoms with Crippen molar-refractivity contribution in [2.45, 2.75) is 45.9 Å². The summed E-state index contributed by atoms with van der Waals surface area (Å²) in [6, 6.07) is 22.9. The molecule has 2 aliphatic rings. The van der Waals surface area contributed by atoms with Crippen LogP contribution in [0.25, 0.3) is 16.8 Å². The fraction of sp³-hybridized carbons (Fsp3) is 0.297. The second kappa shape index (κ2) is 21.7. The number of nitrogens with one attached hydrogen (secondary N) is 1. The molecule has 0 amide bonds. The highest BCUT2D eigenvalue weighted by atomic mass is 35.5. The van der Waals surface area contributed by atoms with Crippen LogP contribution in [-0.2, 0) is 22.4 Å². The summed E-state index contributed by atoms with van der Waals surface area (Å²) >= 11 is 13.0. The third kappa shape index (κ3) is 12.4. The Hall–Kier alpha value is -3.14. The summed E-state index contributed by atoms with van der Waals surface area (Å²) in [4.78, 5) is 19.3. The Kier molecular flexibility index (Phi) is 18.5. The molecule has 0 saturated carbocycles. The van der Waals surface area contributed by atoms with Crippen molar-refractivity contribution in [3.63, 3.8) is 0 Å². The zero-order valence-electron chi connectivity index (χ0n) is 28.1. The first-order chi connectivity index (χ1) is 22.8. The second-order valence-electron chi connectivity index (χ2n) is 9.71. The van der Waals surface area contributed by atoms with Gasteiger partial charge in [-0.2, -0.15) is 0 Å². The summed E-state index contributed by atoms with van der Waals surface area (Å²) in [7, 11) is 0. The van der Waals surface area contributed by atoms with Crippen molar-refractivity contribution in [1.29, 1.82) is 0 Å². The van der Waals surface area contributed by atoms with Gasteiger partial charge < -0.3 is 4.90 Å². The van der Waals surface area contributed by atoms with E-state index >= 15 is 0 Å². The van der Waals surface area contributed by atoms with Gasteiger partial charge in [-0.3, -0.25) is 9.10 Å². The highest BCUT2D eigenvalue weighted by Crippen LogP contribution is 2.30. The van der Waals surface area contributed by atoms with Gasteiger partial charge in [0.15, 0.2) is 17.0 Å². The molecular formula is C37H46Cl2N4O2S2. The molecule has 0 aliphatic carbocycles. The minimum Gasteiger partial charge on any atom is -0.352 e. The number of halogens is 2. The third-order valence-corrected chi connectivity index (χ3v) is 8.99. The van der Waals surface area contributed by atoms with Gasteiger partial charge in [-0.1, -0.05) is 99.4 Å². The van der Waals surface area contributed by atoms with E-state index in [9.17, 15) is 9.00 Å². The standard InChI is InChI=1S/C27H24Cl2N2S.C6H10N2O2S.2C2H6/c1-3-14-31-15-13-26(24-12-11-22(28)18-25(24)29)30-27(31)16-19-7-9-20(10-8-19)21-5-4-6-23(17-21)32-2;1-2-3-8-5-6(9)4-7-11(8)10;2*1-2/h3-13,17-18H,1,14-16H2,2H3;2-3,7H,4-5H2,1H3;2*1-2H3/b;3-2+;;. The van der Waals surface area contributed by atoms with Crippen LogP contribution in [0.4, 0.5) is 0 Å². The highest BCUT2D eigenvalue weighted by Gasteiger charge is 2.20. The Labute approximate surface area is 298 Å². The van der Waals surface area contributed by atoms with Crippen molar-refractivity contribution in [3.8, 4) is 11.1 Å². The molecule has 1 saturated heterocycles. The van der Waals surface area contributed by atoms with Crippen LogP contribution in [0.15, 0.2) is 108 Å².